The van der Waals surface area contributed by atoms with Crippen molar-refractivity contribution in [3.8, 4) is 5.75 Å². The number of carbonyl (C=O) groups is 1. The lowest BCUT2D eigenvalue weighted by Crippen LogP contribution is -1.92. The van der Waals surface area contributed by atoms with Crippen LogP contribution >= 0.6 is 0 Å². The molecule has 0 aromatic heterocycles. The molecule has 0 unspecified atom stereocenters. The molecule has 0 N–H and O–H groups in total. The number of hydrogen-bond donors (Lipinski definition) is 0. The maximum Gasteiger partial charge on any atom is 0.298 e. The third-order valence-electron chi connectivity index (χ3n) is 2.03. The minimum absolute atomic E-state index is 0.466. The van der Waals surface area contributed by atoms with Crippen molar-refractivity contribution in [1.29, 1.82) is 0 Å². The first-order valence-corrected chi connectivity index (χ1v) is 4.53. The molecule has 0 aliphatic heterocycles. The van der Waals surface area contributed by atoms with Gasteiger partial charge in [0.05, 0.1) is 0 Å². The third kappa shape index (κ3) is 2.58. The smallest absolute Gasteiger partial charge is 0.298 e. The summed E-state index contributed by atoms with van der Waals surface area (Å²) in [5.41, 5.74) is 2.41. The zero-order chi connectivity index (χ0) is 9.68. The number of rotatable bonds is 4. The first kappa shape index (κ1) is 9.78. The topological polar surface area (TPSA) is 26.3 Å². The van der Waals surface area contributed by atoms with Crippen molar-refractivity contribution in [3.63, 3.8) is 0 Å². The Bertz CT molecular complexity index is 270. The van der Waals surface area contributed by atoms with Crippen LogP contribution in [0.2, 0.25) is 0 Å². The maximum absolute atomic E-state index is 10.2. The lowest BCUT2D eigenvalue weighted by atomic mass is 10.1. The van der Waals surface area contributed by atoms with Crippen LogP contribution in [0.5, 0.6) is 5.75 Å². The van der Waals surface area contributed by atoms with Crippen LogP contribution in [0.15, 0.2) is 18.2 Å². The highest BCUT2D eigenvalue weighted by Crippen LogP contribution is 2.17. The highest BCUT2D eigenvalue weighted by Gasteiger charge is 1.99. The van der Waals surface area contributed by atoms with Gasteiger partial charge in [0, 0.05) is 0 Å². The van der Waals surface area contributed by atoms with Crippen molar-refractivity contribution in [2.45, 2.75) is 26.7 Å². The first-order chi connectivity index (χ1) is 6.30. The Balaban J connectivity index is 2.99. The van der Waals surface area contributed by atoms with Gasteiger partial charge >= 0.3 is 0 Å². The van der Waals surface area contributed by atoms with Gasteiger partial charge in [-0.2, -0.15) is 0 Å². The van der Waals surface area contributed by atoms with E-state index in [4.69, 9.17) is 4.74 Å². The number of hydrogen-bond acceptors (Lipinski definition) is 2. The molecule has 0 aliphatic rings. The Hall–Kier alpha value is -1.31. The molecule has 0 atom stereocenters. The van der Waals surface area contributed by atoms with Crippen LogP contribution < -0.4 is 4.74 Å². The summed E-state index contributed by atoms with van der Waals surface area (Å²) in [4.78, 5) is 10.2. The fourth-order valence-corrected chi connectivity index (χ4v) is 1.26. The van der Waals surface area contributed by atoms with Gasteiger partial charge in [0.15, 0.2) is 0 Å². The molecule has 0 fully saturated rings. The SMILES string of the molecule is CCc1cc(CC)cc(OC=O)c1. The maximum atomic E-state index is 10.2. The van der Waals surface area contributed by atoms with Crippen molar-refractivity contribution in [2.24, 2.45) is 0 Å². The van der Waals surface area contributed by atoms with Gasteiger partial charge in [-0.15, -0.1) is 0 Å². The van der Waals surface area contributed by atoms with Crippen molar-refractivity contribution >= 4 is 6.47 Å². The zero-order valence-corrected chi connectivity index (χ0v) is 8.04. The number of carbonyl (C=O) groups excluding carboxylic acids is 1. The molecule has 1 aromatic rings. The normalized spacial score (nSPS) is 9.69. The van der Waals surface area contributed by atoms with Gasteiger partial charge in [-0.05, 0) is 36.1 Å². The van der Waals surface area contributed by atoms with E-state index in [2.05, 4.69) is 19.9 Å². The summed E-state index contributed by atoms with van der Waals surface area (Å²) in [6.45, 7) is 4.63. The zero-order valence-electron chi connectivity index (χ0n) is 8.04. The molecule has 0 spiro atoms. The molecule has 2 nitrogen and oxygen atoms in total. The van der Waals surface area contributed by atoms with E-state index in [9.17, 15) is 4.79 Å². The van der Waals surface area contributed by atoms with Crippen LogP contribution in [-0.4, -0.2) is 6.47 Å². The lowest BCUT2D eigenvalue weighted by Gasteiger charge is -2.04. The van der Waals surface area contributed by atoms with Crippen molar-refractivity contribution in [3.05, 3.63) is 29.3 Å². The van der Waals surface area contributed by atoms with Crippen LogP contribution in [0.4, 0.5) is 0 Å². The Kier molecular flexibility index (Phi) is 3.50. The van der Waals surface area contributed by atoms with Crippen LogP contribution in [0.1, 0.15) is 25.0 Å². The number of benzene rings is 1. The van der Waals surface area contributed by atoms with E-state index in [0.29, 0.717) is 12.2 Å². The third-order valence-corrected chi connectivity index (χ3v) is 2.03. The molecule has 1 aromatic carbocycles. The molecule has 1 rings (SSSR count). The molecule has 0 bridgehead atoms. The summed E-state index contributed by atoms with van der Waals surface area (Å²) in [7, 11) is 0. The van der Waals surface area contributed by atoms with Gasteiger partial charge in [0.25, 0.3) is 6.47 Å². The second-order valence-corrected chi connectivity index (χ2v) is 2.91. The lowest BCUT2D eigenvalue weighted by molar-refractivity contribution is -0.120. The van der Waals surface area contributed by atoms with Crippen molar-refractivity contribution in [1.82, 2.24) is 0 Å². The van der Waals surface area contributed by atoms with Crippen molar-refractivity contribution in [2.75, 3.05) is 0 Å². The van der Waals surface area contributed by atoms with Crippen LogP contribution in [0.3, 0.4) is 0 Å². The van der Waals surface area contributed by atoms with Gasteiger partial charge < -0.3 is 4.74 Å². The first-order valence-electron chi connectivity index (χ1n) is 4.53. The molecule has 13 heavy (non-hydrogen) atoms. The molecular formula is C11H14O2. The summed E-state index contributed by atoms with van der Waals surface area (Å²) in [5, 5.41) is 0. The number of ether oxygens (including phenoxy) is 1. The molecule has 0 amide bonds. The van der Waals surface area contributed by atoms with E-state index < -0.39 is 0 Å². The molecule has 70 valence electrons. The summed E-state index contributed by atoms with van der Waals surface area (Å²) >= 11 is 0. The van der Waals surface area contributed by atoms with Gasteiger partial charge in [0.1, 0.15) is 5.75 Å². The largest absolute Gasteiger partial charge is 0.429 e. The molecular weight excluding hydrogens is 164 g/mol. The Morgan fingerprint density at radius 3 is 2.08 bits per heavy atom. The molecule has 0 heterocycles. The quantitative estimate of drug-likeness (QED) is 0.661. The summed E-state index contributed by atoms with van der Waals surface area (Å²) in [5.74, 6) is 0.645. The van der Waals surface area contributed by atoms with E-state index in [-0.39, 0.29) is 0 Å². The summed E-state index contributed by atoms with van der Waals surface area (Å²) in [6, 6.07) is 5.93. The highest BCUT2D eigenvalue weighted by molar-refractivity contribution is 5.47. The molecule has 0 saturated heterocycles. The predicted molar refractivity (Wildman–Crippen MR) is 51.9 cm³/mol. The molecule has 2 heteroatoms. The number of aryl methyl sites for hydroxylation is 2. The van der Waals surface area contributed by atoms with E-state index in [1.807, 2.05) is 12.1 Å². The minimum atomic E-state index is 0.466. The Labute approximate surface area is 78.5 Å². The van der Waals surface area contributed by atoms with Crippen molar-refractivity contribution < 1.29 is 9.53 Å². The van der Waals surface area contributed by atoms with Crippen LogP contribution in [-0.2, 0) is 17.6 Å². The van der Waals surface area contributed by atoms with Crippen LogP contribution in [0, 0.1) is 0 Å². The summed E-state index contributed by atoms with van der Waals surface area (Å²) in [6.07, 6.45) is 1.92. The van der Waals surface area contributed by atoms with Gasteiger partial charge in [-0.25, -0.2) is 0 Å². The molecule has 0 aliphatic carbocycles. The highest BCUT2D eigenvalue weighted by atomic mass is 16.5. The van der Waals surface area contributed by atoms with E-state index in [1.165, 1.54) is 11.1 Å². The van der Waals surface area contributed by atoms with E-state index in [1.54, 1.807) is 0 Å². The average Bonchev–Trinajstić information content (AvgIpc) is 2.17. The summed E-state index contributed by atoms with van der Waals surface area (Å²) < 4.78 is 4.81. The second-order valence-electron chi connectivity index (χ2n) is 2.91. The van der Waals surface area contributed by atoms with E-state index in [0.717, 1.165) is 12.8 Å². The second kappa shape index (κ2) is 4.65. The molecule has 0 saturated carbocycles. The average molecular weight is 178 g/mol. The predicted octanol–water partition coefficient (Wildman–Crippen LogP) is 2.35. The molecule has 0 radical (unpaired) electrons. The Morgan fingerprint density at radius 1 is 1.15 bits per heavy atom. The van der Waals surface area contributed by atoms with Gasteiger partial charge in [0.2, 0.25) is 0 Å². The van der Waals surface area contributed by atoms with E-state index >= 15 is 0 Å². The van der Waals surface area contributed by atoms with Crippen LogP contribution in [0.25, 0.3) is 0 Å². The monoisotopic (exact) mass is 178 g/mol. The van der Waals surface area contributed by atoms with Gasteiger partial charge in [-0.3, -0.25) is 4.79 Å². The van der Waals surface area contributed by atoms with Gasteiger partial charge in [-0.1, -0.05) is 19.9 Å². The Morgan fingerprint density at radius 2 is 1.69 bits per heavy atom. The minimum Gasteiger partial charge on any atom is -0.429 e. The fraction of sp³-hybridized carbons (Fsp3) is 0.364. The standard InChI is InChI=1S/C11H14O2/c1-3-9-5-10(4-2)7-11(6-9)13-8-12/h5-8H,3-4H2,1-2H3. The fourth-order valence-electron chi connectivity index (χ4n) is 1.26.